The first-order valence-corrected chi connectivity index (χ1v) is 7.82. The number of nitrogens with two attached hydrogens (primary N) is 1. The van der Waals surface area contributed by atoms with E-state index in [9.17, 15) is 0 Å². The number of hydrogen-bond donors (Lipinski definition) is 1. The summed E-state index contributed by atoms with van der Waals surface area (Å²) in [5.41, 5.74) is 13.1. The molecule has 2 aliphatic rings. The lowest BCUT2D eigenvalue weighted by molar-refractivity contribution is 0.642. The zero-order valence-corrected chi connectivity index (χ0v) is 11.9. The van der Waals surface area contributed by atoms with Crippen molar-refractivity contribution >= 4 is 5.82 Å². The number of fused-ring (bicyclic) bond motifs is 2. The molecular weight excluding hydrogens is 246 g/mol. The Hall–Kier alpha value is -1.77. The standard InChI is InChI=1S/C17H21N3/c18-17-14-9-3-4-10-16(14)20(19-17)15-11-5-7-12-6-1-2-8-13(12)15/h5,7,11H,1-4,6,8-10H2,(H2,18,19). The van der Waals surface area contributed by atoms with Crippen LogP contribution in [0, 0.1) is 0 Å². The van der Waals surface area contributed by atoms with Gasteiger partial charge in [-0.3, -0.25) is 0 Å². The molecule has 0 amide bonds. The Morgan fingerprint density at radius 1 is 0.900 bits per heavy atom. The highest BCUT2D eigenvalue weighted by Gasteiger charge is 2.22. The van der Waals surface area contributed by atoms with Crippen molar-refractivity contribution in [2.24, 2.45) is 0 Å². The van der Waals surface area contributed by atoms with Crippen LogP contribution < -0.4 is 5.73 Å². The van der Waals surface area contributed by atoms with E-state index in [1.165, 1.54) is 66.6 Å². The summed E-state index contributed by atoms with van der Waals surface area (Å²) in [4.78, 5) is 0. The van der Waals surface area contributed by atoms with Crippen molar-refractivity contribution in [3.05, 3.63) is 40.6 Å². The Morgan fingerprint density at radius 2 is 1.65 bits per heavy atom. The molecule has 1 heterocycles. The van der Waals surface area contributed by atoms with E-state index in [0.29, 0.717) is 0 Å². The van der Waals surface area contributed by atoms with Gasteiger partial charge in [0, 0.05) is 11.3 Å². The van der Waals surface area contributed by atoms with E-state index in [0.717, 1.165) is 18.7 Å². The first kappa shape index (κ1) is 12.0. The van der Waals surface area contributed by atoms with Crippen molar-refractivity contribution in [3.63, 3.8) is 0 Å². The Labute approximate surface area is 119 Å². The molecule has 1 aromatic heterocycles. The van der Waals surface area contributed by atoms with Gasteiger partial charge in [0.15, 0.2) is 0 Å². The van der Waals surface area contributed by atoms with Gasteiger partial charge in [0.2, 0.25) is 0 Å². The van der Waals surface area contributed by atoms with Crippen molar-refractivity contribution < 1.29 is 0 Å². The Bertz CT molecular complexity index is 654. The molecule has 0 unspecified atom stereocenters. The highest BCUT2D eigenvalue weighted by molar-refractivity contribution is 5.53. The second-order valence-corrected chi connectivity index (χ2v) is 6.05. The molecule has 0 bridgehead atoms. The normalized spacial score (nSPS) is 17.6. The van der Waals surface area contributed by atoms with E-state index >= 15 is 0 Å². The molecule has 3 heteroatoms. The molecule has 2 N–H and O–H groups in total. The zero-order valence-electron chi connectivity index (χ0n) is 11.9. The first-order valence-electron chi connectivity index (χ1n) is 7.82. The van der Waals surface area contributed by atoms with Crippen molar-refractivity contribution in [1.82, 2.24) is 9.78 Å². The Kier molecular flexibility index (Phi) is 2.79. The highest BCUT2D eigenvalue weighted by atomic mass is 15.3. The largest absolute Gasteiger partial charge is 0.382 e. The zero-order chi connectivity index (χ0) is 13.5. The average molecular weight is 267 g/mol. The molecule has 1 aromatic carbocycles. The van der Waals surface area contributed by atoms with Crippen molar-refractivity contribution in [2.45, 2.75) is 51.4 Å². The van der Waals surface area contributed by atoms with Gasteiger partial charge < -0.3 is 5.73 Å². The van der Waals surface area contributed by atoms with Crippen LogP contribution in [-0.4, -0.2) is 9.78 Å². The summed E-state index contributed by atoms with van der Waals surface area (Å²) in [7, 11) is 0. The lowest BCUT2D eigenvalue weighted by Crippen LogP contribution is -2.12. The van der Waals surface area contributed by atoms with Gasteiger partial charge in [0.25, 0.3) is 0 Å². The fourth-order valence-corrected chi connectivity index (χ4v) is 3.79. The van der Waals surface area contributed by atoms with Crippen LogP contribution in [0.5, 0.6) is 0 Å². The summed E-state index contributed by atoms with van der Waals surface area (Å²) in [5.74, 6) is 0.744. The molecule has 0 aliphatic heterocycles. The summed E-state index contributed by atoms with van der Waals surface area (Å²) in [6, 6.07) is 6.66. The fraction of sp³-hybridized carbons (Fsp3) is 0.471. The van der Waals surface area contributed by atoms with E-state index in [4.69, 9.17) is 5.73 Å². The fourth-order valence-electron chi connectivity index (χ4n) is 3.79. The molecule has 2 aromatic rings. The highest BCUT2D eigenvalue weighted by Crippen LogP contribution is 2.32. The maximum Gasteiger partial charge on any atom is 0.149 e. The summed E-state index contributed by atoms with van der Waals surface area (Å²) >= 11 is 0. The van der Waals surface area contributed by atoms with E-state index in [-0.39, 0.29) is 0 Å². The van der Waals surface area contributed by atoms with E-state index in [2.05, 4.69) is 28.0 Å². The van der Waals surface area contributed by atoms with Gasteiger partial charge in [0.05, 0.1) is 5.69 Å². The predicted octanol–water partition coefficient (Wildman–Crippen LogP) is 3.21. The van der Waals surface area contributed by atoms with Gasteiger partial charge in [-0.05, 0) is 68.6 Å². The second kappa shape index (κ2) is 4.65. The number of hydrogen-bond acceptors (Lipinski definition) is 2. The predicted molar refractivity (Wildman–Crippen MR) is 81.3 cm³/mol. The van der Waals surface area contributed by atoms with Crippen LogP contribution >= 0.6 is 0 Å². The summed E-state index contributed by atoms with van der Waals surface area (Å²) < 4.78 is 2.15. The second-order valence-electron chi connectivity index (χ2n) is 6.05. The topological polar surface area (TPSA) is 43.8 Å². The third-order valence-electron chi connectivity index (χ3n) is 4.81. The van der Waals surface area contributed by atoms with Gasteiger partial charge in [-0.1, -0.05) is 12.1 Å². The number of aryl methyl sites for hydroxylation is 1. The SMILES string of the molecule is Nc1nn(-c2cccc3c2CCCC3)c2c1CCCC2. The monoisotopic (exact) mass is 267 g/mol. The number of rotatable bonds is 1. The van der Waals surface area contributed by atoms with Crippen LogP contribution in [0.3, 0.4) is 0 Å². The maximum atomic E-state index is 6.14. The molecule has 0 saturated heterocycles. The Morgan fingerprint density at radius 3 is 2.55 bits per heavy atom. The van der Waals surface area contributed by atoms with Crippen LogP contribution in [0.15, 0.2) is 18.2 Å². The summed E-state index contributed by atoms with van der Waals surface area (Å²) in [6.45, 7) is 0. The van der Waals surface area contributed by atoms with E-state index in [1.807, 2.05) is 0 Å². The van der Waals surface area contributed by atoms with Gasteiger partial charge in [-0.15, -0.1) is 0 Å². The van der Waals surface area contributed by atoms with Crippen LogP contribution in [0.4, 0.5) is 5.82 Å². The molecule has 0 atom stereocenters. The lowest BCUT2D eigenvalue weighted by atomic mass is 9.90. The lowest BCUT2D eigenvalue weighted by Gasteiger charge is -2.21. The van der Waals surface area contributed by atoms with Crippen LogP contribution in [0.1, 0.15) is 48.1 Å². The molecule has 0 spiro atoms. The molecular formula is C17H21N3. The van der Waals surface area contributed by atoms with Crippen LogP contribution in [0.25, 0.3) is 5.69 Å². The van der Waals surface area contributed by atoms with Crippen molar-refractivity contribution in [1.29, 1.82) is 0 Å². The molecule has 3 nitrogen and oxygen atoms in total. The third kappa shape index (κ3) is 1.76. The molecule has 0 fully saturated rings. The number of nitrogens with zero attached hydrogens (tertiary/aromatic N) is 2. The minimum absolute atomic E-state index is 0.744. The third-order valence-corrected chi connectivity index (χ3v) is 4.81. The molecule has 20 heavy (non-hydrogen) atoms. The molecule has 4 rings (SSSR count). The maximum absolute atomic E-state index is 6.14. The average Bonchev–Trinajstić information content (AvgIpc) is 2.84. The first-order chi connectivity index (χ1) is 9.84. The number of anilines is 1. The molecule has 104 valence electrons. The summed E-state index contributed by atoms with van der Waals surface area (Å²) in [5, 5.41) is 4.67. The molecule has 0 saturated carbocycles. The molecule has 2 aliphatic carbocycles. The van der Waals surface area contributed by atoms with E-state index < -0.39 is 0 Å². The Balaban J connectivity index is 1.90. The minimum atomic E-state index is 0.744. The van der Waals surface area contributed by atoms with Crippen molar-refractivity contribution in [3.8, 4) is 5.69 Å². The number of benzene rings is 1. The van der Waals surface area contributed by atoms with Gasteiger partial charge in [-0.2, -0.15) is 5.10 Å². The van der Waals surface area contributed by atoms with Gasteiger partial charge in [0.1, 0.15) is 5.82 Å². The van der Waals surface area contributed by atoms with Crippen LogP contribution in [-0.2, 0) is 25.7 Å². The number of aromatic nitrogens is 2. The number of nitrogen functional groups attached to an aromatic ring is 1. The van der Waals surface area contributed by atoms with Gasteiger partial charge in [-0.25, -0.2) is 4.68 Å². The quantitative estimate of drug-likeness (QED) is 0.862. The molecule has 0 radical (unpaired) electrons. The smallest absolute Gasteiger partial charge is 0.149 e. The minimum Gasteiger partial charge on any atom is -0.382 e. The van der Waals surface area contributed by atoms with Crippen LogP contribution in [0.2, 0.25) is 0 Å². The van der Waals surface area contributed by atoms with Crippen molar-refractivity contribution in [2.75, 3.05) is 5.73 Å². The van der Waals surface area contributed by atoms with E-state index in [1.54, 1.807) is 0 Å². The van der Waals surface area contributed by atoms with Gasteiger partial charge >= 0.3 is 0 Å². The summed E-state index contributed by atoms with van der Waals surface area (Å²) in [6.07, 6.45) is 9.71.